The Morgan fingerprint density at radius 3 is 2.94 bits per heavy atom. The lowest BCUT2D eigenvalue weighted by Gasteiger charge is -2.41. The summed E-state index contributed by atoms with van der Waals surface area (Å²) < 4.78 is 14.0. The molecule has 1 aromatic carbocycles. The van der Waals surface area contributed by atoms with Gasteiger partial charge in [0.05, 0.1) is 10.2 Å². The molecule has 1 N–H and O–H groups in total. The molecule has 1 aromatic heterocycles. The predicted molar refractivity (Wildman–Crippen MR) is 74.6 cm³/mol. The lowest BCUT2D eigenvalue weighted by Crippen LogP contribution is -2.35. The lowest BCUT2D eigenvalue weighted by molar-refractivity contribution is 0.145. The normalized spacial score (nSPS) is 17.7. The van der Waals surface area contributed by atoms with Gasteiger partial charge in [0.15, 0.2) is 5.13 Å². The van der Waals surface area contributed by atoms with Crippen LogP contribution >= 0.6 is 11.3 Å². The van der Waals surface area contributed by atoms with Crippen molar-refractivity contribution < 1.29 is 4.39 Å². The molecule has 0 unspecified atom stereocenters. The Bertz CT molecular complexity index is 554. The number of fused-ring (bicyclic) bond motifs is 1. The molecule has 0 saturated heterocycles. The molecule has 96 valence electrons. The summed E-state index contributed by atoms with van der Waals surface area (Å²) in [6, 6.07) is 4.76. The zero-order chi connectivity index (χ0) is 12.6. The average molecular weight is 264 g/mol. The first kappa shape index (κ1) is 11.9. The molecule has 1 aliphatic rings. The second kappa shape index (κ2) is 4.50. The smallest absolute Gasteiger partial charge is 0.183 e. The van der Waals surface area contributed by atoms with Gasteiger partial charge in [-0.05, 0) is 42.9 Å². The van der Waals surface area contributed by atoms with Crippen molar-refractivity contribution in [2.24, 2.45) is 5.41 Å². The van der Waals surface area contributed by atoms with Crippen LogP contribution in [-0.4, -0.2) is 11.5 Å². The highest BCUT2D eigenvalue weighted by molar-refractivity contribution is 7.22. The van der Waals surface area contributed by atoms with E-state index < -0.39 is 0 Å². The predicted octanol–water partition coefficient (Wildman–Crippen LogP) is 4.43. The van der Waals surface area contributed by atoms with Crippen LogP contribution in [0.2, 0.25) is 0 Å². The van der Waals surface area contributed by atoms with Gasteiger partial charge in [-0.1, -0.05) is 24.7 Å². The highest BCUT2D eigenvalue weighted by atomic mass is 32.1. The van der Waals surface area contributed by atoms with E-state index in [9.17, 15) is 4.39 Å². The molecular formula is C14H17FN2S. The zero-order valence-corrected chi connectivity index (χ0v) is 11.3. The minimum absolute atomic E-state index is 0.193. The zero-order valence-electron chi connectivity index (χ0n) is 10.5. The molecule has 2 nitrogen and oxygen atoms in total. The van der Waals surface area contributed by atoms with E-state index in [-0.39, 0.29) is 5.82 Å². The van der Waals surface area contributed by atoms with Crippen LogP contribution < -0.4 is 5.32 Å². The summed E-state index contributed by atoms with van der Waals surface area (Å²) in [5.74, 6) is -0.193. The number of nitrogens with zero attached hydrogens (tertiary/aromatic N) is 1. The van der Waals surface area contributed by atoms with Gasteiger partial charge in [-0.15, -0.1) is 0 Å². The second-order valence-electron chi connectivity index (χ2n) is 5.19. The van der Waals surface area contributed by atoms with E-state index in [2.05, 4.69) is 17.2 Å². The van der Waals surface area contributed by atoms with E-state index in [0.717, 1.165) is 21.9 Å². The minimum Gasteiger partial charge on any atom is -0.361 e. The summed E-state index contributed by atoms with van der Waals surface area (Å²) in [5, 5.41) is 4.34. The van der Waals surface area contributed by atoms with Crippen LogP contribution in [0.3, 0.4) is 0 Å². The molecule has 1 fully saturated rings. The highest BCUT2D eigenvalue weighted by Gasteiger charge is 2.34. The van der Waals surface area contributed by atoms with Gasteiger partial charge < -0.3 is 5.32 Å². The first-order valence-electron chi connectivity index (χ1n) is 6.51. The van der Waals surface area contributed by atoms with Crippen molar-refractivity contribution in [2.75, 3.05) is 11.9 Å². The summed E-state index contributed by atoms with van der Waals surface area (Å²) in [6.07, 6.45) is 5.20. The fourth-order valence-electron chi connectivity index (χ4n) is 2.57. The topological polar surface area (TPSA) is 24.9 Å². The minimum atomic E-state index is -0.193. The van der Waals surface area contributed by atoms with Gasteiger partial charge in [0.25, 0.3) is 0 Å². The van der Waals surface area contributed by atoms with Gasteiger partial charge >= 0.3 is 0 Å². The van der Waals surface area contributed by atoms with Crippen molar-refractivity contribution in [3.05, 3.63) is 24.0 Å². The van der Waals surface area contributed by atoms with Crippen molar-refractivity contribution in [2.45, 2.75) is 32.6 Å². The Morgan fingerprint density at radius 1 is 1.44 bits per heavy atom. The second-order valence-corrected chi connectivity index (χ2v) is 6.22. The summed E-state index contributed by atoms with van der Waals surface area (Å²) in [7, 11) is 0. The Morgan fingerprint density at radius 2 is 2.28 bits per heavy atom. The fourth-order valence-corrected chi connectivity index (χ4v) is 3.46. The molecule has 0 spiro atoms. The number of thiazole rings is 1. The Labute approximate surface area is 110 Å². The Balaban J connectivity index is 1.74. The number of anilines is 1. The van der Waals surface area contributed by atoms with Crippen LogP contribution in [0, 0.1) is 11.2 Å². The molecular weight excluding hydrogens is 247 g/mol. The molecule has 2 aromatic rings. The van der Waals surface area contributed by atoms with E-state index in [4.69, 9.17) is 0 Å². The SMILES string of the molecule is CCC1(CNc2nc3ccc(F)cc3s2)CCC1. The number of hydrogen-bond donors (Lipinski definition) is 1. The van der Waals surface area contributed by atoms with E-state index in [1.165, 1.54) is 43.1 Å². The van der Waals surface area contributed by atoms with Gasteiger partial charge in [0.1, 0.15) is 5.82 Å². The molecule has 1 heterocycles. The molecule has 0 radical (unpaired) electrons. The quantitative estimate of drug-likeness (QED) is 0.883. The number of halogens is 1. The number of aromatic nitrogens is 1. The molecule has 0 bridgehead atoms. The summed E-state index contributed by atoms with van der Waals surface area (Å²) in [6.45, 7) is 3.25. The Kier molecular flexibility index (Phi) is 2.98. The maximum Gasteiger partial charge on any atom is 0.183 e. The van der Waals surface area contributed by atoms with E-state index in [0.29, 0.717) is 5.41 Å². The maximum atomic E-state index is 13.1. The van der Waals surface area contributed by atoms with E-state index in [1.807, 2.05) is 0 Å². The fraction of sp³-hybridized carbons (Fsp3) is 0.500. The lowest BCUT2D eigenvalue weighted by atomic mass is 9.67. The van der Waals surface area contributed by atoms with Crippen molar-refractivity contribution >= 4 is 26.7 Å². The Hall–Kier alpha value is -1.16. The molecule has 1 saturated carbocycles. The van der Waals surface area contributed by atoms with Gasteiger partial charge in [-0.3, -0.25) is 0 Å². The van der Waals surface area contributed by atoms with Crippen molar-refractivity contribution in [1.29, 1.82) is 0 Å². The van der Waals surface area contributed by atoms with Crippen molar-refractivity contribution in [3.63, 3.8) is 0 Å². The third kappa shape index (κ3) is 2.09. The van der Waals surface area contributed by atoms with Gasteiger partial charge in [0, 0.05) is 6.54 Å². The number of benzene rings is 1. The number of hydrogen-bond acceptors (Lipinski definition) is 3. The van der Waals surface area contributed by atoms with E-state index in [1.54, 1.807) is 12.1 Å². The van der Waals surface area contributed by atoms with Gasteiger partial charge in [0.2, 0.25) is 0 Å². The molecule has 18 heavy (non-hydrogen) atoms. The standard InChI is InChI=1S/C14H17FN2S/c1-2-14(6-3-7-14)9-16-13-17-11-5-4-10(15)8-12(11)18-13/h4-5,8H,2-3,6-7,9H2,1H3,(H,16,17). The summed E-state index contributed by atoms with van der Waals surface area (Å²) in [5.41, 5.74) is 1.35. The molecule has 1 aliphatic carbocycles. The monoisotopic (exact) mass is 264 g/mol. The number of nitrogens with one attached hydrogen (secondary N) is 1. The molecule has 0 atom stereocenters. The highest BCUT2D eigenvalue weighted by Crippen LogP contribution is 2.44. The summed E-state index contributed by atoms with van der Waals surface area (Å²) >= 11 is 1.53. The van der Waals surface area contributed by atoms with Gasteiger partial charge in [-0.25, -0.2) is 9.37 Å². The molecule has 0 aliphatic heterocycles. The first-order valence-corrected chi connectivity index (χ1v) is 7.32. The van der Waals surface area contributed by atoms with Crippen LogP contribution in [0.15, 0.2) is 18.2 Å². The molecule has 0 amide bonds. The van der Waals surface area contributed by atoms with E-state index >= 15 is 0 Å². The largest absolute Gasteiger partial charge is 0.361 e. The van der Waals surface area contributed by atoms with Crippen LogP contribution in [0.5, 0.6) is 0 Å². The number of rotatable bonds is 4. The van der Waals surface area contributed by atoms with Crippen LogP contribution in [0.25, 0.3) is 10.2 Å². The van der Waals surface area contributed by atoms with Crippen LogP contribution in [0.1, 0.15) is 32.6 Å². The molecule has 4 heteroatoms. The van der Waals surface area contributed by atoms with Crippen LogP contribution in [-0.2, 0) is 0 Å². The first-order chi connectivity index (χ1) is 8.71. The molecule has 3 rings (SSSR count). The third-order valence-electron chi connectivity index (χ3n) is 4.13. The van der Waals surface area contributed by atoms with Gasteiger partial charge in [-0.2, -0.15) is 0 Å². The van der Waals surface area contributed by atoms with Crippen molar-refractivity contribution in [1.82, 2.24) is 4.98 Å². The van der Waals surface area contributed by atoms with Crippen molar-refractivity contribution in [3.8, 4) is 0 Å². The summed E-state index contributed by atoms with van der Waals surface area (Å²) in [4.78, 5) is 4.49. The van der Waals surface area contributed by atoms with Crippen LogP contribution in [0.4, 0.5) is 9.52 Å². The maximum absolute atomic E-state index is 13.1. The third-order valence-corrected chi connectivity index (χ3v) is 5.11. The average Bonchev–Trinajstić information content (AvgIpc) is 2.70.